The summed E-state index contributed by atoms with van der Waals surface area (Å²) in [5.74, 6) is -0.129. The molecule has 0 bridgehead atoms. The number of rotatable bonds is 4. The summed E-state index contributed by atoms with van der Waals surface area (Å²) in [6, 6.07) is 20.6. The minimum absolute atomic E-state index is 0.129. The molecule has 0 amide bonds. The lowest BCUT2D eigenvalue weighted by Gasteiger charge is -2.25. The molecule has 2 rings (SSSR count). The third-order valence-corrected chi connectivity index (χ3v) is 7.28. The first-order valence-electron chi connectivity index (χ1n) is 7.50. The fourth-order valence-corrected chi connectivity index (χ4v) is 5.38. The summed E-state index contributed by atoms with van der Waals surface area (Å²) < 4.78 is 5.57. The average Bonchev–Trinajstić information content (AvgIpc) is 2.47. The fourth-order valence-electron chi connectivity index (χ4n) is 2.48. The molecule has 0 aliphatic rings. The molecule has 0 saturated carbocycles. The van der Waals surface area contributed by atoms with Gasteiger partial charge in [0.25, 0.3) is 0 Å². The van der Waals surface area contributed by atoms with Gasteiger partial charge in [-0.25, -0.2) is 4.79 Å². The Labute approximate surface area is 133 Å². The molecule has 0 spiro atoms. The van der Waals surface area contributed by atoms with Gasteiger partial charge < -0.3 is 4.74 Å². The van der Waals surface area contributed by atoms with Gasteiger partial charge in [0.15, 0.2) is 6.16 Å². The van der Waals surface area contributed by atoms with Crippen molar-refractivity contribution in [1.82, 2.24) is 0 Å². The monoisotopic (exact) mass is 315 g/mol. The van der Waals surface area contributed by atoms with Crippen molar-refractivity contribution in [3.05, 3.63) is 60.7 Å². The summed E-state index contributed by atoms with van der Waals surface area (Å²) in [7, 11) is -1.79. The van der Waals surface area contributed by atoms with E-state index in [1.165, 1.54) is 10.6 Å². The molecular formula is C19H24O2P+. The van der Waals surface area contributed by atoms with E-state index in [-0.39, 0.29) is 5.97 Å². The van der Waals surface area contributed by atoms with E-state index in [2.05, 4.69) is 30.9 Å². The van der Waals surface area contributed by atoms with E-state index < -0.39 is 12.9 Å². The zero-order valence-electron chi connectivity index (χ0n) is 13.7. The Morgan fingerprint density at radius 2 is 1.32 bits per heavy atom. The largest absolute Gasteiger partial charge is 0.457 e. The smallest absolute Gasteiger partial charge is 0.345 e. The summed E-state index contributed by atoms with van der Waals surface area (Å²) >= 11 is 0. The molecule has 0 aliphatic heterocycles. The first-order valence-corrected chi connectivity index (χ1v) is 9.92. The highest BCUT2D eigenvalue weighted by molar-refractivity contribution is 7.89. The molecule has 0 saturated heterocycles. The van der Waals surface area contributed by atoms with Crippen LogP contribution in [0.15, 0.2) is 60.7 Å². The fraction of sp³-hybridized carbons (Fsp3) is 0.316. The Bertz CT molecular complexity index is 575. The predicted octanol–water partition coefficient (Wildman–Crippen LogP) is 3.63. The van der Waals surface area contributed by atoms with Gasteiger partial charge in [-0.15, -0.1) is 0 Å². The van der Waals surface area contributed by atoms with Crippen LogP contribution in [0, 0.1) is 0 Å². The van der Waals surface area contributed by atoms with Crippen LogP contribution in [-0.2, 0) is 9.53 Å². The van der Waals surface area contributed by atoms with Gasteiger partial charge in [-0.3, -0.25) is 0 Å². The first-order chi connectivity index (χ1) is 10.3. The van der Waals surface area contributed by atoms with Crippen LogP contribution < -0.4 is 10.6 Å². The van der Waals surface area contributed by atoms with E-state index in [0.29, 0.717) is 6.16 Å². The first kappa shape index (κ1) is 16.7. The Balaban J connectivity index is 2.37. The Hall–Kier alpha value is -1.66. The zero-order chi connectivity index (χ0) is 16.2. The molecule has 0 N–H and O–H groups in total. The van der Waals surface area contributed by atoms with Crippen molar-refractivity contribution in [1.29, 1.82) is 0 Å². The van der Waals surface area contributed by atoms with Crippen molar-refractivity contribution in [2.24, 2.45) is 0 Å². The molecule has 0 radical (unpaired) electrons. The summed E-state index contributed by atoms with van der Waals surface area (Å²) in [4.78, 5) is 12.4. The van der Waals surface area contributed by atoms with Crippen molar-refractivity contribution in [2.75, 3.05) is 12.8 Å². The second-order valence-corrected chi connectivity index (χ2v) is 10.3. The molecule has 0 heterocycles. The summed E-state index contributed by atoms with van der Waals surface area (Å²) in [5, 5.41) is 2.46. The lowest BCUT2D eigenvalue weighted by Crippen LogP contribution is -2.32. The van der Waals surface area contributed by atoms with Crippen molar-refractivity contribution in [3.8, 4) is 0 Å². The van der Waals surface area contributed by atoms with Gasteiger partial charge in [0.2, 0.25) is 0 Å². The van der Waals surface area contributed by atoms with Gasteiger partial charge in [-0.2, -0.15) is 0 Å². The van der Waals surface area contributed by atoms with Crippen LogP contribution in [0.5, 0.6) is 0 Å². The Morgan fingerprint density at radius 3 is 1.68 bits per heavy atom. The van der Waals surface area contributed by atoms with Crippen LogP contribution in [0.1, 0.15) is 20.8 Å². The van der Waals surface area contributed by atoms with Crippen molar-refractivity contribution in [2.45, 2.75) is 26.4 Å². The van der Waals surface area contributed by atoms with Crippen molar-refractivity contribution in [3.63, 3.8) is 0 Å². The molecule has 0 atom stereocenters. The van der Waals surface area contributed by atoms with Crippen LogP contribution in [0.25, 0.3) is 0 Å². The van der Waals surface area contributed by atoms with Gasteiger partial charge in [0, 0.05) is 0 Å². The molecule has 116 valence electrons. The van der Waals surface area contributed by atoms with Gasteiger partial charge in [-0.1, -0.05) is 36.4 Å². The number of hydrogen-bond donors (Lipinski definition) is 0. The molecule has 2 aromatic rings. The number of ether oxygens (including phenoxy) is 1. The summed E-state index contributed by atoms with van der Waals surface area (Å²) in [6.45, 7) is 7.94. The highest BCUT2D eigenvalue weighted by Crippen LogP contribution is 2.52. The van der Waals surface area contributed by atoms with Crippen LogP contribution in [0.4, 0.5) is 0 Å². The summed E-state index contributed by atoms with van der Waals surface area (Å²) in [5.41, 5.74) is -0.449. The minimum Gasteiger partial charge on any atom is -0.457 e. The van der Waals surface area contributed by atoms with Crippen molar-refractivity contribution >= 4 is 23.8 Å². The van der Waals surface area contributed by atoms with Crippen LogP contribution in [0.2, 0.25) is 0 Å². The maximum Gasteiger partial charge on any atom is 0.345 e. The SMILES string of the molecule is CC(C)(C)OC(=O)C[P+](C)(c1ccccc1)c1ccccc1. The van der Waals surface area contributed by atoms with Gasteiger partial charge in [-0.05, 0) is 45.0 Å². The number of esters is 1. The molecule has 0 aliphatic carbocycles. The zero-order valence-corrected chi connectivity index (χ0v) is 14.6. The van der Waals surface area contributed by atoms with E-state index in [0.717, 1.165) is 0 Å². The third-order valence-electron chi connectivity index (χ3n) is 3.52. The molecule has 22 heavy (non-hydrogen) atoms. The third kappa shape index (κ3) is 4.18. The Morgan fingerprint density at radius 1 is 0.909 bits per heavy atom. The molecule has 2 aromatic carbocycles. The number of carbonyl (C=O) groups excluding carboxylic acids is 1. The maximum absolute atomic E-state index is 12.4. The number of hydrogen-bond acceptors (Lipinski definition) is 2. The quantitative estimate of drug-likeness (QED) is 0.636. The lowest BCUT2D eigenvalue weighted by atomic mass is 10.2. The van der Waals surface area contributed by atoms with E-state index in [4.69, 9.17) is 4.74 Å². The molecular weight excluding hydrogens is 291 g/mol. The van der Waals surface area contributed by atoms with Gasteiger partial charge >= 0.3 is 5.97 Å². The summed E-state index contributed by atoms with van der Waals surface area (Å²) in [6.07, 6.45) is 0.429. The standard InChI is InChI=1S/C19H24O2P/c1-19(2,3)21-18(20)15-22(4,16-11-7-5-8-12-16)17-13-9-6-10-14-17/h5-14H,15H2,1-4H3/q+1. The van der Waals surface area contributed by atoms with Crippen LogP contribution >= 0.6 is 7.26 Å². The minimum atomic E-state index is -1.79. The molecule has 0 unspecified atom stereocenters. The number of carbonyl (C=O) groups is 1. The van der Waals surface area contributed by atoms with Crippen molar-refractivity contribution < 1.29 is 9.53 Å². The lowest BCUT2D eigenvalue weighted by molar-refractivity contribution is -0.151. The van der Waals surface area contributed by atoms with Crippen LogP contribution in [-0.4, -0.2) is 24.4 Å². The molecule has 2 nitrogen and oxygen atoms in total. The maximum atomic E-state index is 12.4. The van der Waals surface area contributed by atoms with Gasteiger partial charge in [0.1, 0.15) is 5.60 Å². The van der Waals surface area contributed by atoms with E-state index in [1.807, 2.05) is 57.2 Å². The normalized spacial score (nSPS) is 12.0. The van der Waals surface area contributed by atoms with Gasteiger partial charge in [0.05, 0.1) is 24.5 Å². The van der Waals surface area contributed by atoms with Crippen LogP contribution in [0.3, 0.4) is 0 Å². The predicted molar refractivity (Wildman–Crippen MR) is 95.7 cm³/mol. The second kappa shape index (κ2) is 6.62. The Kier molecular flexibility index (Phi) is 5.03. The molecule has 0 fully saturated rings. The topological polar surface area (TPSA) is 26.3 Å². The highest BCUT2D eigenvalue weighted by Gasteiger charge is 2.41. The van der Waals surface area contributed by atoms with E-state index in [9.17, 15) is 4.79 Å². The molecule has 0 aromatic heterocycles. The number of benzene rings is 2. The average molecular weight is 315 g/mol. The molecule has 3 heteroatoms. The van der Waals surface area contributed by atoms with E-state index >= 15 is 0 Å². The highest BCUT2D eigenvalue weighted by atomic mass is 31.2. The second-order valence-electron chi connectivity index (χ2n) is 6.61. The van der Waals surface area contributed by atoms with E-state index in [1.54, 1.807) is 0 Å².